The van der Waals surface area contributed by atoms with Gasteiger partial charge in [-0.2, -0.15) is 0 Å². The van der Waals surface area contributed by atoms with Gasteiger partial charge in [0.1, 0.15) is 0 Å². The predicted octanol–water partition coefficient (Wildman–Crippen LogP) is -1.34. The van der Waals surface area contributed by atoms with E-state index >= 15 is 0 Å². The summed E-state index contributed by atoms with van der Waals surface area (Å²) in [6.07, 6.45) is 0. The van der Waals surface area contributed by atoms with Crippen LogP contribution in [0, 0.1) is 0 Å². The maximum absolute atomic E-state index is 4.79. The Balaban J connectivity index is -0.0000000200. The molecule has 0 saturated carbocycles. The first-order valence-corrected chi connectivity index (χ1v) is 3.16. The van der Waals surface area contributed by atoms with Crippen LogP contribution in [0.25, 0.3) is 0 Å². The van der Waals surface area contributed by atoms with Crippen molar-refractivity contribution in [1.29, 1.82) is 0 Å². The van der Waals surface area contributed by atoms with E-state index in [1.165, 1.54) is 0 Å². The van der Waals surface area contributed by atoms with E-state index in [0.717, 1.165) is 0 Å². The van der Waals surface area contributed by atoms with Crippen LogP contribution >= 0.6 is 17.9 Å². The molecule has 4 heteroatoms. The molecular formula is HClLiPS. The van der Waals surface area contributed by atoms with Crippen LogP contribution in [0.1, 0.15) is 1.43 Å². The van der Waals surface area contributed by atoms with E-state index in [1.807, 2.05) is 0 Å². The average molecular weight is 106 g/mol. The molecular weight excluding hydrogens is 105 g/mol. The molecule has 0 aromatic carbocycles. The maximum Gasteiger partial charge on any atom is 1.00 e. The molecule has 0 aliphatic rings. The second-order valence-electron chi connectivity index (χ2n) is 0.0690. The minimum absolute atomic E-state index is 0. The van der Waals surface area contributed by atoms with Crippen molar-refractivity contribution < 1.29 is 20.3 Å². The zero-order valence-electron chi connectivity index (χ0n) is 3.23. The number of rotatable bonds is 0. The van der Waals surface area contributed by atoms with E-state index in [2.05, 4.69) is 11.8 Å². The molecule has 0 atom stereocenters. The van der Waals surface area contributed by atoms with Crippen molar-refractivity contribution in [2.45, 2.75) is 0 Å². The summed E-state index contributed by atoms with van der Waals surface area (Å²) in [6, 6.07) is 0. The monoisotopic (exact) mass is 106 g/mol. The Morgan fingerprint density at radius 1 is 2.00 bits per heavy atom. The summed E-state index contributed by atoms with van der Waals surface area (Å²) in [5.74, 6) is 0. The minimum atomic E-state index is 0. The summed E-state index contributed by atoms with van der Waals surface area (Å²) in [6.45, 7) is 0.472. The molecule has 0 aromatic heterocycles. The van der Waals surface area contributed by atoms with Gasteiger partial charge in [-0.25, -0.2) is 0 Å². The molecule has 0 radical (unpaired) electrons. The van der Waals surface area contributed by atoms with E-state index in [4.69, 9.17) is 11.2 Å². The van der Waals surface area contributed by atoms with Crippen LogP contribution in [0.15, 0.2) is 0 Å². The normalized spacial score (nSPS) is 5.25. The molecule has 0 heterocycles. The maximum atomic E-state index is 4.79. The third-order valence-corrected chi connectivity index (χ3v) is 0. The van der Waals surface area contributed by atoms with E-state index in [1.54, 1.807) is 0 Å². The summed E-state index contributed by atoms with van der Waals surface area (Å²) in [5, 5.41) is 0. The Labute approximate surface area is 50.2 Å². The van der Waals surface area contributed by atoms with Crippen LogP contribution < -0.4 is 18.9 Å². The SMILES string of the molecule is S=PCl.[H-].[Li+]. The van der Waals surface area contributed by atoms with Gasteiger partial charge < -0.3 is 1.43 Å². The minimum Gasteiger partial charge on any atom is -1.00 e. The van der Waals surface area contributed by atoms with Gasteiger partial charge in [-0.15, -0.1) is 0 Å². The molecule has 4 heavy (non-hydrogen) atoms. The van der Waals surface area contributed by atoms with Gasteiger partial charge in [-0.3, -0.25) is 0 Å². The molecule has 0 amide bonds. The molecule has 0 bridgehead atoms. The number of hydrogen-bond acceptors (Lipinski definition) is 1. The van der Waals surface area contributed by atoms with E-state index in [9.17, 15) is 0 Å². The van der Waals surface area contributed by atoms with E-state index in [-0.39, 0.29) is 20.3 Å². The van der Waals surface area contributed by atoms with Crippen molar-refractivity contribution in [3.8, 4) is 0 Å². The van der Waals surface area contributed by atoms with Gasteiger partial charge in [-0.1, -0.05) is 0 Å². The van der Waals surface area contributed by atoms with Crippen LogP contribution in [0.2, 0.25) is 0 Å². The van der Waals surface area contributed by atoms with Gasteiger partial charge in [0.15, 0.2) is 0 Å². The molecule has 0 nitrogen and oxygen atoms in total. The zero-order chi connectivity index (χ0) is 2.71. The second kappa shape index (κ2) is 8.83. The van der Waals surface area contributed by atoms with Crippen LogP contribution in [0.3, 0.4) is 0 Å². The topological polar surface area (TPSA) is 0 Å². The van der Waals surface area contributed by atoms with Gasteiger partial charge >= 0.3 is 18.9 Å². The molecule has 20 valence electrons. The van der Waals surface area contributed by atoms with Crippen LogP contribution in [-0.4, -0.2) is 0 Å². The van der Waals surface area contributed by atoms with E-state index < -0.39 is 0 Å². The smallest absolute Gasteiger partial charge is 1.00 e. The van der Waals surface area contributed by atoms with Crippen LogP contribution in [0.5, 0.6) is 0 Å². The van der Waals surface area contributed by atoms with Gasteiger partial charge in [0.25, 0.3) is 0 Å². The Morgan fingerprint density at radius 2 is 2.00 bits per heavy atom. The summed E-state index contributed by atoms with van der Waals surface area (Å²) >= 11 is 8.92. The third-order valence-electron chi connectivity index (χ3n) is 0. The van der Waals surface area contributed by atoms with Crippen LogP contribution in [0.4, 0.5) is 0 Å². The summed E-state index contributed by atoms with van der Waals surface area (Å²) in [5.41, 5.74) is 0. The predicted molar refractivity (Wildman–Crippen MR) is 21.2 cm³/mol. The fraction of sp³-hybridized carbons (Fsp3) is 0. The summed E-state index contributed by atoms with van der Waals surface area (Å²) < 4.78 is 0. The molecule has 0 fully saturated rings. The van der Waals surface area contributed by atoms with Crippen molar-refractivity contribution >= 4 is 29.8 Å². The first-order valence-electron chi connectivity index (χ1n) is 0.352. The molecule has 0 spiro atoms. The fourth-order valence-electron chi connectivity index (χ4n) is 0. The molecule has 0 N–H and O–H groups in total. The average Bonchev–Trinajstić information content (AvgIpc) is 0.918. The Bertz CT molecular complexity index is 19.1. The van der Waals surface area contributed by atoms with Gasteiger partial charge in [0, 0.05) is 0 Å². The number of hydrogen-bond donors (Lipinski definition) is 0. The van der Waals surface area contributed by atoms with Crippen molar-refractivity contribution in [3.63, 3.8) is 0 Å². The molecule has 0 aliphatic heterocycles. The van der Waals surface area contributed by atoms with Crippen molar-refractivity contribution in [1.82, 2.24) is 0 Å². The largest absolute Gasteiger partial charge is 1.00 e. The van der Waals surface area contributed by atoms with E-state index in [0.29, 0.717) is 6.71 Å². The molecule has 0 aliphatic carbocycles. The third kappa shape index (κ3) is 9.97. The second-order valence-corrected chi connectivity index (χ2v) is 1.86. The summed E-state index contributed by atoms with van der Waals surface area (Å²) in [7, 11) is 0. The van der Waals surface area contributed by atoms with Gasteiger partial charge in [-0.05, 0) is 23.0 Å². The first kappa shape index (κ1) is 9.05. The standard InChI is InChI=1S/ClPS.Li.H/c1-2-3;;/q;+1;-1. The van der Waals surface area contributed by atoms with Crippen LogP contribution in [-0.2, 0) is 11.8 Å². The molecule has 0 saturated heterocycles. The Morgan fingerprint density at radius 3 is 2.00 bits per heavy atom. The van der Waals surface area contributed by atoms with Crippen molar-refractivity contribution in [2.75, 3.05) is 0 Å². The Hall–Kier alpha value is 1.41. The zero-order valence-corrected chi connectivity index (χ0v) is 4.70. The Kier molecular flexibility index (Phi) is 20.0. The fourth-order valence-corrected chi connectivity index (χ4v) is 0. The summed E-state index contributed by atoms with van der Waals surface area (Å²) in [4.78, 5) is 0. The van der Waals surface area contributed by atoms with Gasteiger partial charge in [0.2, 0.25) is 0 Å². The molecule has 0 aromatic rings. The quantitative estimate of drug-likeness (QED) is 0.272. The van der Waals surface area contributed by atoms with Crippen molar-refractivity contribution in [2.24, 2.45) is 0 Å². The molecule has 0 rings (SSSR count). The van der Waals surface area contributed by atoms with Crippen molar-refractivity contribution in [3.05, 3.63) is 0 Å². The molecule has 0 unspecified atom stereocenters. The van der Waals surface area contributed by atoms with Gasteiger partial charge in [0.05, 0.1) is 6.71 Å². The number of halogens is 1. The first-order chi connectivity index (χ1) is 1.41.